The number of carbonyl (C=O) groups is 1. The number of methoxy groups -OCH3 is 1. The zero-order chi connectivity index (χ0) is 19.2. The van der Waals surface area contributed by atoms with E-state index in [2.05, 4.69) is 34.0 Å². The summed E-state index contributed by atoms with van der Waals surface area (Å²) in [4.78, 5) is 21.5. The Morgan fingerprint density at radius 3 is 2.70 bits per heavy atom. The minimum Gasteiger partial charge on any atom is -0.497 e. The molecule has 0 saturated carbocycles. The highest BCUT2D eigenvalue weighted by Crippen LogP contribution is 2.42. The van der Waals surface area contributed by atoms with Crippen molar-refractivity contribution in [3.63, 3.8) is 0 Å². The van der Waals surface area contributed by atoms with E-state index >= 15 is 0 Å². The maximum Gasteiger partial charge on any atom is 0.220 e. The second-order valence-electron chi connectivity index (χ2n) is 7.43. The predicted octanol–water partition coefficient (Wildman–Crippen LogP) is 2.72. The zero-order valence-corrected chi connectivity index (χ0v) is 15.5. The zero-order valence-electron chi connectivity index (χ0n) is 15.5. The largest absolute Gasteiger partial charge is 0.497 e. The maximum atomic E-state index is 13.0. The van der Waals surface area contributed by atoms with Crippen LogP contribution < -0.4 is 10.5 Å². The van der Waals surface area contributed by atoms with Gasteiger partial charge >= 0.3 is 0 Å². The second-order valence-corrected chi connectivity index (χ2v) is 7.43. The monoisotopic (exact) mass is 363 g/mol. The van der Waals surface area contributed by atoms with Crippen LogP contribution in [0.1, 0.15) is 41.0 Å². The molecule has 7 nitrogen and oxygen atoms in total. The molecular weight excluding hydrogens is 342 g/mol. The number of nitrogens with one attached hydrogen (secondary N) is 1. The second kappa shape index (κ2) is 6.19. The molecule has 0 spiro atoms. The molecule has 3 aromatic rings. The SMILES string of the molecule is COc1ccc(CC(=O)c2[nH]nc3c2C(C)(C)Cc2cnc(N)nc2-3)cc1. The topological polar surface area (TPSA) is 107 Å². The lowest BCUT2D eigenvalue weighted by molar-refractivity contribution is 0.0986. The first kappa shape index (κ1) is 17.2. The lowest BCUT2D eigenvalue weighted by Crippen LogP contribution is -2.28. The standard InChI is InChI=1S/C20H21N5O2/c1-20(2)9-12-10-22-19(21)23-16(12)18-15(20)17(24-25-18)14(26)8-11-4-6-13(27-3)7-5-11/h4-7,10H,8-9H2,1-3H3,(H,24,25)(H2,21,22,23). The highest BCUT2D eigenvalue weighted by atomic mass is 16.5. The fourth-order valence-electron chi connectivity index (χ4n) is 3.71. The molecule has 0 bridgehead atoms. The summed E-state index contributed by atoms with van der Waals surface area (Å²) in [6.07, 6.45) is 2.75. The van der Waals surface area contributed by atoms with Crippen molar-refractivity contribution in [1.29, 1.82) is 0 Å². The number of aromatic amines is 1. The Morgan fingerprint density at radius 1 is 1.26 bits per heavy atom. The fraction of sp³-hybridized carbons (Fsp3) is 0.300. The smallest absolute Gasteiger partial charge is 0.220 e. The summed E-state index contributed by atoms with van der Waals surface area (Å²) in [7, 11) is 1.62. The van der Waals surface area contributed by atoms with Crippen LogP contribution in [0.15, 0.2) is 30.5 Å². The minimum atomic E-state index is -0.264. The highest BCUT2D eigenvalue weighted by Gasteiger charge is 2.38. The van der Waals surface area contributed by atoms with Crippen LogP contribution in [0.25, 0.3) is 11.4 Å². The normalized spacial score (nSPS) is 14.3. The number of ether oxygens (including phenoxy) is 1. The van der Waals surface area contributed by atoms with Gasteiger partial charge in [-0.1, -0.05) is 26.0 Å². The number of nitrogens with zero attached hydrogens (tertiary/aromatic N) is 3. The average Bonchev–Trinajstić information content (AvgIpc) is 3.10. The first-order valence-electron chi connectivity index (χ1n) is 8.76. The van der Waals surface area contributed by atoms with Crippen LogP contribution in [0.4, 0.5) is 5.95 Å². The van der Waals surface area contributed by atoms with Gasteiger partial charge in [0, 0.05) is 18.2 Å². The van der Waals surface area contributed by atoms with Gasteiger partial charge in [0.2, 0.25) is 5.95 Å². The molecule has 138 valence electrons. The summed E-state index contributed by atoms with van der Waals surface area (Å²) in [5.41, 5.74) is 10.2. The van der Waals surface area contributed by atoms with Crippen LogP contribution in [0.5, 0.6) is 5.75 Å². The number of rotatable bonds is 4. The number of Topliss-reactive ketones (excluding diaryl/α,β-unsaturated/α-hetero) is 1. The third kappa shape index (κ3) is 2.95. The molecule has 0 saturated heterocycles. The van der Waals surface area contributed by atoms with E-state index < -0.39 is 0 Å². The number of ketones is 1. The predicted molar refractivity (Wildman–Crippen MR) is 102 cm³/mol. The molecule has 0 fully saturated rings. The molecule has 4 rings (SSSR count). The van der Waals surface area contributed by atoms with Gasteiger partial charge in [-0.25, -0.2) is 9.97 Å². The van der Waals surface area contributed by atoms with Crippen molar-refractivity contribution >= 4 is 11.7 Å². The van der Waals surface area contributed by atoms with E-state index in [1.54, 1.807) is 13.3 Å². The Balaban J connectivity index is 1.72. The van der Waals surface area contributed by atoms with Crippen molar-refractivity contribution in [2.45, 2.75) is 32.1 Å². The van der Waals surface area contributed by atoms with Crippen molar-refractivity contribution in [3.8, 4) is 17.1 Å². The molecular formula is C20H21N5O2. The number of hydrogen-bond donors (Lipinski definition) is 2. The number of fused-ring (bicyclic) bond motifs is 3. The third-order valence-corrected chi connectivity index (χ3v) is 4.99. The van der Waals surface area contributed by atoms with Gasteiger partial charge < -0.3 is 10.5 Å². The Labute approximate surface area is 157 Å². The van der Waals surface area contributed by atoms with E-state index in [1.165, 1.54) is 0 Å². The summed E-state index contributed by atoms with van der Waals surface area (Å²) in [6.45, 7) is 4.20. The molecule has 7 heteroatoms. The number of hydrogen-bond acceptors (Lipinski definition) is 6. The Morgan fingerprint density at radius 2 is 2.00 bits per heavy atom. The van der Waals surface area contributed by atoms with Gasteiger partial charge in [-0.05, 0) is 35.1 Å². The average molecular weight is 363 g/mol. The quantitative estimate of drug-likeness (QED) is 0.690. The number of aromatic nitrogens is 4. The van der Waals surface area contributed by atoms with Crippen LogP contribution in [0.3, 0.4) is 0 Å². The van der Waals surface area contributed by atoms with Crippen LogP contribution in [-0.4, -0.2) is 33.1 Å². The Hall–Kier alpha value is -3.22. The van der Waals surface area contributed by atoms with Gasteiger partial charge in [0.1, 0.15) is 17.1 Å². The van der Waals surface area contributed by atoms with E-state index in [0.29, 0.717) is 17.1 Å². The Kier molecular flexibility index (Phi) is 3.95. The lowest BCUT2D eigenvalue weighted by Gasteiger charge is -2.30. The molecule has 2 heterocycles. The first-order chi connectivity index (χ1) is 12.9. The van der Waals surface area contributed by atoms with E-state index in [1.807, 2.05) is 24.3 Å². The number of carbonyl (C=O) groups excluding carboxylic acids is 1. The summed E-state index contributed by atoms with van der Waals surface area (Å²) >= 11 is 0. The van der Waals surface area contributed by atoms with Gasteiger partial charge in [-0.2, -0.15) is 5.10 Å². The van der Waals surface area contributed by atoms with Crippen molar-refractivity contribution < 1.29 is 9.53 Å². The lowest BCUT2D eigenvalue weighted by atomic mass is 9.72. The van der Waals surface area contributed by atoms with Gasteiger partial charge in [0.25, 0.3) is 0 Å². The maximum absolute atomic E-state index is 13.0. The molecule has 2 aromatic heterocycles. The summed E-state index contributed by atoms with van der Waals surface area (Å²) in [6, 6.07) is 7.50. The van der Waals surface area contributed by atoms with Gasteiger partial charge in [0.05, 0.1) is 12.8 Å². The van der Waals surface area contributed by atoms with Crippen LogP contribution in [0.2, 0.25) is 0 Å². The first-order valence-corrected chi connectivity index (χ1v) is 8.76. The van der Waals surface area contributed by atoms with Crippen molar-refractivity contribution in [1.82, 2.24) is 20.2 Å². The number of anilines is 1. The van der Waals surface area contributed by atoms with E-state index in [0.717, 1.165) is 28.9 Å². The van der Waals surface area contributed by atoms with Crippen LogP contribution >= 0.6 is 0 Å². The summed E-state index contributed by atoms with van der Waals surface area (Å²) < 4.78 is 5.17. The molecule has 3 N–H and O–H groups in total. The number of nitrogens with two attached hydrogens (primary N) is 1. The van der Waals surface area contributed by atoms with Crippen molar-refractivity contribution in [3.05, 3.63) is 52.8 Å². The molecule has 27 heavy (non-hydrogen) atoms. The van der Waals surface area contributed by atoms with Crippen molar-refractivity contribution in [2.75, 3.05) is 12.8 Å². The van der Waals surface area contributed by atoms with E-state index in [-0.39, 0.29) is 23.6 Å². The fourth-order valence-corrected chi connectivity index (χ4v) is 3.71. The van der Waals surface area contributed by atoms with Crippen LogP contribution in [0, 0.1) is 0 Å². The number of nitrogen functional groups attached to an aromatic ring is 1. The third-order valence-electron chi connectivity index (χ3n) is 4.99. The molecule has 0 atom stereocenters. The molecule has 1 aliphatic carbocycles. The summed E-state index contributed by atoms with van der Waals surface area (Å²) in [5.74, 6) is 0.959. The van der Waals surface area contributed by atoms with Gasteiger partial charge in [-0.3, -0.25) is 9.89 Å². The molecule has 1 aliphatic rings. The number of H-pyrrole nitrogens is 1. The number of benzene rings is 1. The molecule has 0 aliphatic heterocycles. The van der Waals surface area contributed by atoms with Gasteiger partial charge in [-0.15, -0.1) is 0 Å². The minimum absolute atomic E-state index is 0.00697. The Bertz CT molecular complexity index is 1020. The molecule has 0 unspecified atom stereocenters. The van der Waals surface area contributed by atoms with Gasteiger partial charge in [0.15, 0.2) is 5.78 Å². The van der Waals surface area contributed by atoms with Crippen LogP contribution in [-0.2, 0) is 18.3 Å². The molecule has 1 aromatic carbocycles. The summed E-state index contributed by atoms with van der Waals surface area (Å²) in [5, 5.41) is 7.36. The highest BCUT2D eigenvalue weighted by molar-refractivity contribution is 5.99. The van der Waals surface area contributed by atoms with Crippen molar-refractivity contribution in [2.24, 2.45) is 0 Å². The van der Waals surface area contributed by atoms with E-state index in [9.17, 15) is 4.79 Å². The van der Waals surface area contributed by atoms with E-state index in [4.69, 9.17) is 10.5 Å². The molecule has 0 radical (unpaired) electrons. The molecule has 0 amide bonds.